The highest BCUT2D eigenvalue weighted by molar-refractivity contribution is 7.89. The maximum atomic E-state index is 12.6. The zero-order chi connectivity index (χ0) is 18.0. The maximum Gasteiger partial charge on any atom is 0.244 e. The number of sulfonamides is 1. The zero-order valence-corrected chi connectivity index (χ0v) is 15.7. The summed E-state index contributed by atoms with van der Waals surface area (Å²) >= 11 is 0. The number of benzene rings is 1. The molecule has 6 heteroatoms. The summed E-state index contributed by atoms with van der Waals surface area (Å²) < 4.78 is 26.7. The quantitative estimate of drug-likeness (QED) is 0.845. The number of pyridine rings is 1. The van der Waals surface area contributed by atoms with Crippen LogP contribution in [0.2, 0.25) is 0 Å². The van der Waals surface area contributed by atoms with E-state index in [0.29, 0.717) is 13.1 Å². The van der Waals surface area contributed by atoms with Gasteiger partial charge in [0, 0.05) is 31.2 Å². The molecule has 1 aliphatic carbocycles. The molecule has 26 heavy (non-hydrogen) atoms. The van der Waals surface area contributed by atoms with Gasteiger partial charge in [0.25, 0.3) is 0 Å². The van der Waals surface area contributed by atoms with Gasteiger partial charge in [0.05, 0.1) is 0 Å². The molecule has 1 saturated heterocycles. The van der Waals surface area contributed by atoms with Gasteiger partial charge in [0.15, 0.2) is 0 Å². The first-order valence-corrected chi connectivity index (χ1v) is 10.8. The third-order valence-corrected chi connectivity index (χ3v) is 7.63. The summed E-state index contributed by atoms with van der Waals surface area (Å²) in [7, 11) is -3.39. The first-order chi connectivity index (χ1) is 12.6. The molecule has 2 aromatic rings. The number of nitrogens with one attached hydrogen (secondary N) is 1. The van der Waals surface area contributed by atoms with Gasteiger partial charge in [-0.1, -0.05) is 36.8 Å². The fourth-order valence-electron chi connectivity index (χ4n) is 3.94. The smallest absolute Gasteiger partial charge is 0.244 e. The number of nitrogens with zero attached hydrogens (tertiary/aromatic N) is 2. The van der Waals surface area contributed by atoms with Crippen molar-refractivity contribution in [3.8, 4) is 0 Å². The minimum Gasteiger partial charge on any atom is -0.369 e. The van der Waals surface area contributed by atoms with E-state index in [9.17, 15) is 8.42 Å². The molecule has 138 valence electrons. The Balaban J connectivity index is 1.45. The van der Waals surface area contributed by atoms with Crippen LogP contribution in [0.15, 0.2) is 53.6 Å². The predicted octanol–water partition coefficient (Wildman–Crippen LogP) is 3.40. The van der Waals surface area contributed by atoms with Gasteiger partial charge in [-0.3, -0.25) is 0 Å². The molecule has 0 radical (unpaired) electrons. The average molecular weight is 372 g/mol. The second kappa shape index (κ2) is 7.00. The van der Waals surface area contributed by atoms with E-state index < -0.39 is 10.0 Å². The number of hydrogen-bond acceptors (Lipinski definition) is 4. The van der Waals surface area contributed by atoms with E-state index in [-0.39, 0.29) is 10.3 Å². The lowest BCUT2D eigenvalue weighted by Crippen LogP contribution is -2.41. The molecular weight excluding hydrogens is 346 g/mol. The topological polar surface area (TPSA) is 62.3 Å². The van der Waals surface area contributed by atoms with Gasteiger partial charge < -0.3 is 5.32 Å². The van der Waals surface area contributed by atoms with E-state index in [4.69, 9.17) is 0 Å². The molecule has 0 spiro atoms. The van der Waals surface area contributed by atoms with Crippen LogP contribution in [0.4, 0.5) is 5.82 Å². The fourth-order valence-corrected chi connectivity index (χ4v) is 5.40. The van der Waals surface area contributed by atoms with Crippen LogP contribution in [0.25, 0.3) is 0 Å². The number of aromatic nitrogens is 1. The third kappa shape index (κ3) is 3.23. The zero-order valence-electron chi connectivity index (χ0n) is 14.9. The minimum absolute atomic E-state index is 0.170. The Bertz CT molecular complexity index is 840. The highest BCUT2D eigenvalue weighted by atomic mass is 32.2. The summed E-state index contributed by atoms with van der Waals surface area (Å²) in [5.41, 5.74) is 1.54. The van der Waals surface area contributed by atoms with E-state index in [1.807, 2.05) is 6.07 Å². The van der Waals surface area contributed by atoms with Crippen molar-refractivity contribution in [3.63, 3.8) is 0 Å². The summed E-state index contributed by atoms with van der Waals surface area (Å²) in [6.07, 6.45) is 6.95. The van der Waals surface area contributed by atoms with Gasteiger partial charge in [-0.15, -0.1) is 0 Å². The highest BCUT2D eigenvalue weighted by Gasteiger charge is 2.38. The number of rotatable bonds is 6. The summed E-state index contributed by atoms with van der Waals surface area (Å²) in [5, 5.41) is 3.41. The Morgan fingerprint density at radius 1 is 1.00 bits per heavy atom. The first-order valence-electron chi connectivity index (χ1n) is 9.36. The van der Waals surface area contributed by atoms with E-state index in [1.54, 1.807) is 16.4 Å². The van der Waals surface area contributed by atoms with Crippen LogP contribution in [0, 0.1) is 0 Å². The predicted molar refractivity (Wildman–Crippen MR) is 103 cm³/mol. The number of anilines is 1. The van der Waals surface area contributed by atoms with Gasteiger partial charge >= 0.3 is 0 Å². The van der Waals surface area contributed by atoms with Crippen molar-refractivity contribution < 1.29 is 8.42 Å². The first kappa shape index (κ1) is 17.5. The molecule has 0 bridgehead atoms. The van der Waals surface area contributed by atoms with E-state index in [1.165, 1.54) is 31.0 Å². The summed E-state index contributed by atoms with van der Waals surface area (Å²) in [5.74, 6) is 0.729. The van der Waals surface area contributed by atoms with Gasteiger partial charge in [0.1, 0.15) is 10.7 Å². The van der Waals surface area contributed by atoms with E-state index in [2.05, 4.69) is 34.6 Å². The normalized spacial score (nSPS) is 19.8. The molecule has 0 atom stereocenters. The lowest BCUT2D eigenvalue weighted by atomic mass is 9.64. The molecule has 4 rings (SSSR count). The van der Waals surface area contributed by atoms with Crippen LogP contribution in [0.1, 0.15) is 37.7 Å². The summed E-state index contributed by atoms with van der Waals surface area (Å²) in [4.78, 5) is 4.64. The van der Waals surface area contributed by atoms with Crippen molar-refractivity contribution >= 4 is 15.8 Å². The molecule has 2 fully saturated rings. The second-order valence-corrected chi connectivity index (χ2v) is 9.28. The Labute approximate surface area is 155 Å². The summed E-state index contributed by atoms with van der Waals surface area (Å²) in [6.45, 7) is 2.05. The van der Waals surface area contributed by atoms with Crippen LogP contribution < -0.4 is 5.32 Å². The molecule has 1 N–H and O–H groups in total. The fraction of sp³-hybridized carbons (Fsp3) is 0.450. The Morgan fingerprint density at radius 3 is 2.31 bits per heavy atom. The van der Waals surface area contributed by atoms with Crippen molar-refractivity contribution in [3.05, 3.63) is 54.2 Å². The van der Waals surface area contributed by atoms with Crippen molar-refractivity contribution in [1.29, 1.82) is 0 Å². The van der Waals surface area contributed by atoms with Crippen LogP contribution >= 0.6 is 0 Å². The Hall–Kier alpha value is -1.92. The molecule has 2 aliphatic rings. The maximum absolute atomic E-state index is 12.6. The SMILES string of the molecule is O=S(=O)(c1ccc(NCC2(c3ccccc3)CCC2)nc1)N1CCCC1. The van der Waals surface area contributed by atoms with Crippen molar-refractivity contribution in [2.24, 2.45) is 0 Å². The van der Waals surface area contributed by atoms with Gasteiger partial charge in [0.2, 0.25) is 10.0 Å². The molecule has 0 unspecified atom stereocenters. The standard InChI is InChI=1S/C20H25N3O2S/c24-26(25,23-13-4-5-14-23)18-9-10-19(21-15-18)22-16-20(11-6-12-20)17-7-2-1-3-8-17/h1-3,7-10,15H,4-6,11-14,16H2,(H,21,22). The lowest BCUT2D eigenvalue weighted by Gasteiger charge is -2.42. The third-order valence-electron chi connectivity index (χ3n) is 5.74. The van der Waals surface area contributed by atoms with E-state index >= 15 is 0 Å². The van der Waals surface area contributed by atoms with Crippen molar-refractivity contribution in [1.82, 2.24) is 9.29 Å². The molecular formula is C20H25N3O2S. The van der Waals surface area contributed by atoms with Gasteiger partial charge in [-0.2, -0.15) is 4.31 Å². The molecule has 1 aromatic carbocycles. The molecule has 0 amide bonds. The largest absolute Gasteiger partial charge is 0.369 e. The van der Waals surface area contributed by atoms with E-state index in [0.717, 1.165) is 25.2 Å². The van der Waals surface area contributed by atoms with Crippen molar-refractivity contribution in [2.75, 3.05) is 25.0 Å². The van der Waals surface area contributed by atoms with Crippen LogP contribution in [0.3, 0.4) is 0 Å². The lowest BCUT2D eigenvalue weighted by molar-refractivity contribution is 0.260. The molecule has 5 nitrogen and oxygen atoms in total. The highest BCUT2D eigenvalue weighted by Crippen LogP contribution is 2.43. The number of hydrogen-bond donors (Lipinski definition) is 1. The monoisotopic (exact) mass is 371 g/mol. The van der Waals surface area contributed by atoms with Gasteiger partial charge in [-0.25, -0.2) is 13.4 Å². The average Bonchev–Trinajstić information content (AvgIpc) is 3.18. The Morgan fingerprint density at radius 2 is 1.73 bits per heavy atom. The minimum atomic E-state index is -3.39. The van der Waals surface area contributed by atoms with Crippen LogP contribution in [-0.2, 0) is 15.4 Å². The molecule has 1 aliphatic heterocycles. The summed E-state index contributed by atoms with van der Waals surface area (Å²) in [6, 6.07) is 14.1. The van der Waals surface area contributed by atoms with Gasteiger partial charge in [-0.05, 0) is 43.4 Å². The Kier molecular flexibility index (Phi) is 4.71. The van der Waals surface area contributed by atoms with Crippen molar-refractivity contribution in [2.45, 2.75) is 42.4 Å². The van der Waals surface area contributed by atoms with Crippen LogP contribution in [-0.4, -0.2) is 37.3 Å². The molecule has 1 saturated carbocycles. The second-order valence-electron chi connectivity index (χ2n) is 7.34. The molecule has 1 aromatic heterocycles. The van der Waals surface area contributed by atoms with Crippen LogP contribution in [0.5, 0.6) is 0 Å². The molecule has 2 heterocycles.